The summed E-state index contributed by atoms with van der Waals surface area (Å²) in [5, 5.41) is 11.7. The molecule has 0 bridgehead atoms. The van der Waals surface area contributed by atoms with Crippen LogP contribution in [0, 0.1) is 13.8 Å². The van der Waals surface area contributed by atoms with Crippen LogP contribution in [0.1, 0.15) is 35.5 Å². The van der Waals surface area contributed by atoms with Gasteiger partial charge in [0.2, 0.25) is 5.91 Å². The molecule has 0 aromatic carbocycles. The summed E-state index contributed by atoms with van der Waals surface area (Å²) in [5.41, 5.74) is 0.0220. The van der Waals surface area contributed by atoms with Crippen LogP contribution >= 0.6 is 0 Å². The molecule has 1 amide bonds. The van der Waals surface area contributed by atoms with E-state index in [1.807, 2.05) is 13.8 Å². The monoisotopic (exact) mass is 266 g/mol. The fourth-order valence-electron chi connectivity index (χ4n) is 1.90. The number of amides is 1. The van der Waals surface area contributed by atoms with Crippen molar-refractivity contribution in [2.45, 2.75) is 40.3 Å². The SMILES string of the molecule is Cc1cc(C)n(CC(=O)NC(C)C)c(=O)c1C(=O)O. The molecular formula is C13H18N2O4. The third kappa shape index (κ3) is 3.43. The summed E-state index contributed by atoms with van der Waals surface area (Å²) in [6, 6.07) is 1.56. The number of nitrogens with one attached hydrogen (secondary N) is 1. The fourth-order valence-corrected chi connectivity index (χ4v) is 1.90. The van der Waals surface area contributed by atoms with Gasteiger partial charge in [0, 0.05) is 11.7 Å². The van der Waals surface area contributed by atoms with Crippen LogP contribution in [0.4, 0.5) is 0 Å². The second-order valence-electron chi connectivity index (χ2n) is 4.76. The molecule has 19 heavy (non-hydrogen) atoms. The van der Waals surface area contributed by atoms with Crippen LogP contribution in [0.25, 0.3) is 0 Å². The highest BCUT2D eigenvalue weighted by Crippen LogP contribution is 2.06. The third-order valence-corrected chi connectivity index (χ3v) is 2.67. The number of pyridine rings is 1. The van der Waals surface area contributed by atoms with Crippen molar-refractivity contribution in [1.82, 2.24) is 9.88 Å². The van der Waals surface area contributed by atoms with E-state index < -0.39 is 11.5 Å². The van der Waals surface area contributed by atoms with Crippen LogP contribution in [-0.2, 0) is 11.3 Å². The summed E-state index contributed by atoms with van der Waals surface area (Å²) in [5.74, 6) is -1.60. The van der Waals surface area contributed by atoms with Gasteiger partial charge in [-0.15, -0.1) is 0 Å². The van der Waals surface area contributed by atoms with E-state index in [1.54, 1.807) is 19.9 Å². The second-order valence-corrected chi connectivity index (χ2v) is 4.76. The van der Waals surface area contributed by atoms with E-state index in [2.05, 4.69) is 5.32 Å². The highest BCUT2D eigenvalue weighted by molar-refractivity contribution is 5.89. The molecule has 104 valence electrons. The van der Waals surface area contributed by atoms with Gasteiger partial charge in [-0.1, -0.05) is 0 Å². The van der Waals surface area contributed by atoms with Crippen LogP contribution in [-0.4, -0.2) is 27.6 Å². The van der Waals surface area contributed by atoms with E-state index in [1.165, 1.54) is 4.57 Å². The van der Waals surface area contributed by atoms with Crippen LogP contribution in [0.15, 0.2) is 10.9 Å². The Balaban J connectivity index is 3.22. The van der Waals surface area contributed by atoms with Gasteiger partial charge in [-0.2, -0.15) is 0 Å². The Morgan fingerprint density at radius 2 is 1.95 bits per heavy atom. The van der Waals surface area contributed by atoms with Gasteiger partial charge in [0.15, 0.2) is 0 Å². The first-order valence-corrected chi connectivity index (χ1v) is 5.97. The molecule has 0 spiro atoms. The summed E-state index contributed by atoms with van der Waals surface area (Å²) in [4.78, 5) is 34.8. The normalized spacial score (nSPS) is 10.6. The molecule has 6 nitrogen and oxygen atoms in total. The summed E-state index contributed by atoms with van der Waals surface area (Å²) < 4.78 is 1.17. The molecule has 0 saturated carbocycles. The molecule has 0 aliphatic carbocycles. The summed E-state index contributed by atoms with van der Waals surface area (Å²) in [6.45, 7) is 6.68. The first-order valence-electron chi connectivity index (χ1n) is 5.97. The smallest absolute Gasteiger partial charge is 0.341 e. The molecule has 1 aromatic heterocycles. The Bertz CT molecular complexity index is 573. The predicted octanol–water partition coefficient (Wildman–Crippen LogP) is 0.688. The van der Waals surface area contributed by atoms with Gasteiger partial charge in [-0.3, -0.25) is 9.59 Å². The number of rotatable bonds is 4. The van der Waals surface area contributed by atoms with Crippen molar-refractivity contribution in [1.29, 1.82) is 0 Å². The molecule has 0 unspecified atom stereocenters. The number of aromatic carboxylic acids is 1. The highest BCUT2D eigenvalue weighted by atomic mass is 16.4. The summed E-state index contributed by atoms with van der Waals surface area (Å²) >= 11 is 0. The largest absolute Gasteiger partial charge is 0.477 e. The lowest BCUT2D eigenvalue weighted by atomic mass is 10.1. The Kier molecular flexibility index (Phi) is 4.47. The van der Waals surface area contributed by atoms with Crippen LogP contribution in [0.2, 0.25) is 0 Å². The number of carbonyl (C=O) groups is 2. The number of hydrogen-bond donors (Lipinski definition) is 2. The van der Waals surface area contributed by atoms with E-state index in [9.17, 15) is 14.4 Å². The molecule has 1 aromatic rings. The van der Waals surface area contributed by atoms with Crippen LogP contribution < -0.4 is 10.9 Å². The molecule has 0 aliphatic heterocycles. The molecule has 2 N–H and O–H groups in total. The van der Waals surface area contributed by atoms with Gasteiger partial charge in [-0.05, 0) is 39.3 Å². The molecule has 6 heteroatoms. The van der Waals surface area contributed by atoms with E-state index in [4.69, 9.17) is 5.11 Å². The number of hydrogen-bond acceptors (Lipinski definition) is 3. The average molecular weight is 266 g/mol. The molecule has 1 heterocycles. The molecule has 0 fully saturated rings. The lowest BCUT2D eigenvalue weighted by Gasteiger charge is -2.14. The fraction of sp³-hybridized carbons (Fsp3) is 0.462. The zero-order chi connectivity index (χ0) is 14.7. The van der Waals surface area contributed by atoms with Crippen molar-refractivity contribution in [3.05, 3.63) is 33.2 Å². The maximum atomic E-state index is 12.1. The van der Waals surface area contributed by atoms with E-state index >= 15 is 0 Å². The maximum Gasteiger partial charge on any atom is 0.341 e. The molecule has 0 saturated heterocycles. The number of aryl methyl sites for hydroxylation is 2. The third-order valence-electron chi connectivity index (χ3n) is 2.67. The number of aromatic nitrogens is 1. The average Bonchev–Trinajstić information content (AvgIpc) is 2.22. The molecule has 0 atom stereocenters. The van der Waals surface area contributed by atoms with E-state index in [0.29, 0.717) is 11.3 Å². The number of carbonyl (C=O) groups excluding carboxylic acids is 1. The van der Waals surface area contributed by atoms with E-state index in [-0.39, 0.29) is 24.1 Å². The van der Waals surface area contributed by atoms with Crippen molar-refractivity contribution in [3.8, 4) is 0 Å². The Morgan fingerprint density at radius 1 is 1.37 bits per heavy atom. The summed E-state index contributed by atoms with van der Waals surface area (Å²) in [6.07, 6.45) is 0. The lowest BCUT2D eigenvalue weighted by molar-refractivity contribution is -0.122. The van der Waals surface area contributed by atoms with Crippen LogP contribution in [0.3, 0.4) is 0 Å². The molecule has 0 radical (unpaired) electrons. The highest BCUT2D eigenvalue weighted by Gasteiger charge is 2.17. The minimum atomic E-state index is -1.28. The van der Waals surface area contributed by atoms with Crippen molar-refractivity contribution < 1.29 is 14.7 Å². The van der Waals surface area contributed by atoms with Crippen molar-refractivity contribution >= 4 is 11.9 Å². The van der Waals surface area contributed by atoms with Gasteiger partial charge in [-0.25, -0.2) is 4.79 Å². The molecule has 1 rings (SSSR count). The first kappa shape index (κ1) is 14.9. The maximum absolute atomic E-state index is 12.1. The second kappa shape index (κ2) is 5.69. The van der Waals surface area contributed by atoms with Gasteiger partial charge in [0.05, 0.1) is 0 Å². The topological polar surface area (TPSA) is 88.4 Å². The lowest BCUT2D eigenvalue weighted by Crippen LogP contribution is -2.38. The first-order chi connectivity index (χ1) is 8.73. The predicted molar refractivity (Wildman–Crippen MR) is 70.4 cm³/mol. The molecule has 0 aliphatic rings. The minimum absolute atomic E-state index is 0.0344. The van der Waals surface area contributed by atoms with Gasteiger partial charge in [0.1, 0.15) is 12.1 Å². The Labute approximate surface area is 111 Å². The zero-order valence-electron chi connectivity index (χ0n) is 11.5. The number of carboxylic acids is 1. The van der Waals surface area contributed by atoms with Gasteiger partial charge in [0.25, 0.3) is 5.56 Å². The summed E-state index contributed by atoms with van der Waals surface area (Å²) in [7, 11) is 0. The molecular weight excluding hydrogens is 248 g/mol. The Hall–Kier alpha value is -2.11. The van der Waals surface area contributed by atoms with Crippen molar-refractivity contribution in [2.24, 2.45) is 0 Å². The van der Waals surface area contributed by atoms with Crippen LogP contribution in [0.5, 0.6) is 0 Å². The number of carboxylic acid groups (broad SMARTS) is 1. The van der Waals surface area contributed by atoms with Crippen molar-refractivity contribution in [3.63, 3.8) is 0 Å². The Morgan fingerprint density at radius 3 is 2.42 bits per heavy atom. The standard InChI is InChI=1S/C13H18N2O4/c1-7(2)14-10(16)6-15-9(4)5-8(3)11(12(15)17)13(18)19/h5,7H,6H2,1-4H3,(H,14,16)(H,18,19). The number of nitrogens with zero attached hydrogens (tertiary/aromatic N) is 1. The van der Waals surface area contributed by atoms with Crippen molar-refractivity contribution in [2.75, 3.05) is 0 Å². The zero-order valence-corrected chi connectivity index (χ0v) is 11.5. The van der Waals surface area contributed by atoms with E-state index in [0.717, 1.165) is 0 Å². The van der Waals surface area contributed by atoms with Gasteiger partial charge < -0.3 is 15.0 Å². The minimum Gasteiger partial charge on any atom is -0.477 e. The van der Waals surface area contributed by atoms with Gasteiger partial charge >= 0.3 is 5.97 Å². The quantitative estimate of drug-likeness (QED) is 0.839.